The third kappa shape index (κ3) is 3.31. The van der Waals surface area contributed by atoms with E-state index in [0.717, 1.165) is 74.1 Å². The van der Waals surface area contributed by atoms with Crippen LogP contribution in [0, 0.1) is 17.8 Å². The third-order valence-corrected chi connectivity index (χ3v) is 7.65. The fourth-order valence-electron chi connectivity index (χ4n) is 5.99. The van der Waals surface area contributed by atoms with E-state index in [1.165, 1.54) is 0 Å². The number of carbonyl (C=O) groups excluding carboxylic acids is 1. The number of hydrogen-bond acceptors (Lipinski definition) is 6. The summed E-state index contributed by atoms with van der Waals surface area (Å²) in [5, 5.41) is 5.15. The monoisotopic (exact) mass is 431 g/mol. The predicted molar refractivity (Wildman–Crippen MR) is 123 cm³/mol. The first-order valence-electron chi connectivity index (χ1n) is 11.5. The number of rotatable bonds is 5. The molecule has 1 aliphatic heterocycles. The fourth-order valence-corrected chi connectivity index (χ4v) is 5.99. The number of nitrogens with one attached hydrogen (secondary N) is 1. The number of likely N-dealkylation sites (N-methyl/N-ethyl adjacent to an activating group) is 1. The van der Waals surface area contributed by atoms with Gasteiger partial charge in [-0.3, -0.25) is 4.79 Å². The van der Waals surface area contributed by atoms with Crippen LogP contribution in [-0.2, 0) is 4.79 Å². The largest absolute Gasteiger partial charge is 0.441 e. The van der Waals surface area contributed by atoms with Crippen LogP contribution in [0.1, 0.15) is 25.2 Å². The van der Waals surface area contributed by atoms with E-state index in [1.807, 2.05) is 31.3 Å². The average Bonchev–Trinajstić information content (AvgIpc) is 3.16. The van der Waals surface area contributed by atoms with Crippen LogP contribution in [-0.4, -0.2) is 65.4 Å². The van der Waals surface area contributed by atoms with Crippen LogP contribution in [0.15, 0.2) is 41.1 Å². The number of benzene rings is 1. The zero-order valence-electron chi connectivity index (χ0n) is 18.7. The Morgan fingerprint density at radius 3 is 2.56 bits per heavy atom. The minimum Gasteiger partial charge on any atom is -0.441 e. The van der Waals surface area contributed by atoms with Crippen LogP contribution >= 0.6 is 0 Å². The predicted octanol–water partition coefficient (Wildman–Crippen LogP) is 3.55. The zero-order chi connectivity index (χ0) is 21.9. The number of carbonyl (C=O) groups is 1. The highest BCUT2D eigenvalue weighted by Gasteiger charge is 2.71. The number of oxazole rings is 1. The molecule has 3 aromatic rings. The molecular formula is C25H29N5O2. The highest BCUT2D eigenvalue weighted by atomic mass is 16.4. The van der Waals surface area contributed by atoms with Gasteiger partial charge in [-0.05, 0) is 49.2 Å². The average molecular weight is 432 g/mol. The topological polar surface area (TPSA) is 74.5 Å². The van der Waals surface area contributed by atoms with Crippen molar-refractivity contribution in [1.29, 1.82) is 0 Å². The summed E-state index contributed by atoms with van der Waals surface area (Å²) >= 11 is 0. The van der Waals surface area contributed by atoms with Gasteiger partial charge in [0.1, 0.15) is 5.82 Å². The minimum absolute atomic E-state index is 0.131. The Bertz CT molecular complexity index is 1170. The van der Waals surface area contributed by atoms with Crippen molar-refractivity contribution in [2.45, 2.75) is 26.2 Å². The van der Waals surface area contributed by atoms with Gasteiger partial charge in [0.25, 0.3) is 0 Å². The highest BCUT2D eigenvalue weighted by molar-refractivity contribution is 5.98. The van der Waals surface area contributed by atoms with Gasteiger partial charge in [0.15, 0.2) is 11.7 Å². The van der Waals surface area contributed by atoms with Gasteiger partial charge in [-0.1, -0.05) is 12.1 Å². The van der Waals surface area contributed by atoms with E-state index in [4.69, 9.17) is 4.42 Å². The molecule has 0 radical (unpaired) electrons. The lowest BCUT2D eigenvalue weighted by Gasteiger charge is -2.70. The maximum atomic E-state index is 13.1. The second kappa shape index (κ2) is 7.12. The number of nitrogens with zero attached hydrogens (tertiary/aromatic N) is 4. The summed E-state index contributed by atoms with van der Waals surface area (Å²) in [6.45, 7) is 7.57. The summed E-state index contributed by atoms with van der Waals surface area (Å²) in [5.41, 5.74) is 1.16. The molecule has 7 nitrogen and oxygen atoms in total. The van der Waals surface area contributed by atoms with Crippen molar-refractivity contribution >= 4 is 22.5 Å². The second-order valence-corrected chi connectivity index (χ2v) is 10.2. The maximum absolute atomic E-state index is 13.1. The Kier molecular flexibility index (Phi) is 4.42. The van der Waals surface area contributed by atoms with Gasteiger partial charge in [0.05, 0.1) is 11.6 Å². The summed E-state index contributed by atoms with van der Waals surface area (Å²) in [5.74, 6) is 2.14. The molecule has 0 spiro atoms. The van der Waals surface area contributed by atoms with E-state index in [2.05, 4.69) is 38.2 Å². The molecule has 2 bridgehead atoms. The molecule has 1 amide bonds. The van der Waals surface area contributed by atoms with E-state index < -0.39 is 0 Å². The molecule has 2 aromatic heterocycles. The Labute approximate surface area is 187 Å². The number of aryl methyl sites for hydroxylation is 1. The number of piperazine rings is 1. The lowest BCUT2D eigenvalue weighted by atomic mass is 9.34. The Morgan fingerprint density at radius 2 is 1.84 bits per heavy atom. The first-order valence-corrected chi connectivity index (χ1v) is 11.5. The summed E-state index contributed by atoms with van der Waals surface area (Å²) in [6, 6.07) is 8.03. The van der Waals surface area contributed by atoms with Crippen molar-refractivity contribution in [3.63, 3.8) is 0 Å². The quantitative estimate of drug-likeness (QED) is 0.666. The van der Waals surface area contributed by atoms with Gasteiger partial charge in [0.2, 0.25) is 5.91 Å². The number of hydrogen-bond donors (Lipinski definition) is 1. The molecule has 1 saturated heterocycles. The molecule has 3 heterocycles. The van der Waals surface area contributed by atoms with Crippen LogP contribution in [0.25, 0.3) is 22.1 Å². The van der Waals surface area contributed by atoms with Crippen LogP contribution < -0.4 is 5.32 Å². The molecule has 3 aliphatic carbocycles. The minimum atomic E-state index is -0.178. The molecular weight excluding hydrogens is 402 g/mol. The van der Waals surface area contributed by atoms with Crippen molar-refractivity contribution < 1.29 is 9.21 Å². The molecule has 1 aromatic carbocycles. The molecule has 7 heteroatoms. The van der Waals surface area contributed by atoms with E-state index in [1.54, 1.807) is 6.20 Å². The van der Waals surface area contributed by atoms with Crippen molar-refractivity contribution in [2.24, 2.45) is 10.8 Å². The zero-order valence-corrected chi connectivity index (χ0v) is 18.7. The molecule has 4 aliphatic rings. The molecule has 0 atom stereocenters. The van der Waals surface area contributed by atoms with E-state index >= 15 is 0 Å². The van der Waals surface area contributed by atoms with E-state index in [9.17, 15) is 4.79 Å². The van der Waals surface area contributed by atoms with Gasteiger partial charge >= 0.3 is 0 Å². The van der Waals surface area contributed by atoms with Crippen molar-refractivity contribution in [1.82, 2.24) is 19.8 Å². The lowest BCUT2D eigenvalue weighted by Crippen LogP contribution is -2.70. The smallest absolute Gasteiger partial charge is 0.231 e. The standard InChI is InChI=1S/C25H29N5O2/c1-17-26-12-21(32-17)18-3-4-19-11-27-22(10-20(19)9-18)28-23(31)25-13-24(14-25,15-25)16-30-7-5-29(2)6-8-30/h3-4,9-12H,5-8,13-16H2,1-2H3,(H,27,28,31)/t24-,25-. The van der Waals surface area contributed by atoms with Gasteiger partial charge in [-0.15, -0.1) is 0 Å². The molecule has 7 rings (SSSR count). The summed E-state index contributed by atoms with van der Waals surface area (Å²) in [7, 11) is 2.19. The number of anilines is 1. The lowest BCUT2D eigenvalue weighted by molar-refractivity contribution is -0.210. The molecule has 4 fully saturated rings. The van der Waals surface area contributed by atoms with E-state index in [-0.39, 0.29) is 11.3 Å². The summed E-state index contributed by atoms with van der Waals surface area (Å²) in [4.78, 5) is 26.7. The number of fused-ring (bicyclic) bond motifs is 1. The van der Waals surface area contributed by atoms with Crippen LogP contribution in [0.2, 0.25) is 0 Å². The fraction of sp³-hybridized carbons (Fsp3) is 0.480. The first-order chi connectivity index (χ1) is 15.4. The Hall–Kier alpha value is -2.77. The van der Waals surface area contributed by atoms with E-state index in [0.29, 0.717) is 17.1 Å². The van der Waals surface area contributed by atoms with Crippen molar-refractivity contribution in [3.8, 4) is 11.3 Å². The normalized spacial score (nSPS) is 27.7. The third-order valence-electron chi connectivity index (χ3n) is 7.65. The molecule has 3 saturated carbocycles. The summed E-state index contributed by atoms with van der Waals surface area (Å²) < 4.78 is 5.65. The second-order valence-electron chi connectivity index (χ2n) is 10.2. The summed E-state index contributed by atoms with van der Waals surface area (Å²) in [6.07, 6.45) is 6.60. The molecule has 32 heavy (non-hydrogen) atoms. The SMILES string of the molecule is Cc1ncc(-c2ccc3cnc(NC(=O)[C@]45C[C@@](CN6CCN(C)CC6)(C4)C5)cc3c2)o1. The van der Waals surface area contributed by atoms with Crippen molar-refractivity contribution in [3.05, 3.63) is 42.5 Å². The van der Waals surface area contributed by atoms with Crippen LogP contribution in [0.4, 0.5) is 5.82 Å². The van der Waals surface area contributed by atoms with Gasteiger partial charge < -0.3 is 19.5 Å². The van der Waals surface area contributed by atoms with Crippen LogP contribution in [0.3, 0.4) is 0 Å². The molecule has 0 unspecified atom stereocenters. The Balaban J connectivity index is 1.11. The number of pyridine rings is 1. The van der Waals surface area contributed by atoms with Gasteiger partial charge in [-0.2, -0.15) is 0 Å². The molecule has 1 N–H and O–H groups in total. The number of amides is 1. The molecule has 166 valence electrons. The van der Waals surface area contributed by atoms with Crippen molar-refractivity contribution in [2.75, 3.05) is 45.1 Å². The maximum Gasteiger partial charge on any atom is 0.231 e. The van der Waals surface area contributed by atoms with Gasteiger partial charge in [-0.25, -0.2) is 9.97 Å². The highest BCUT2D eigenvalue weighted by Crippen LogP contribution is 2.73. The van der Waals surface area contributed by atoms with Crippen LogP contribution in [0.5, 0.6) is 0 Å². The number of aromatic nitrogens is 2. The first kappa shape index (κ1) is 19.9. The van der Waals surface area contributed by atoms with Gasteiger partial charge in [0, 0.05) is 56.8 Å². The Morgan fingerprint density at radius 1 is 1.06 bits per heavy atom.